The summed E-state index contributed by atoms with van der Waals surface area (Å²) in [6.45, 7) is 7.71. The molecular weight excluding hydrogens is 342 g/mol. The number of phenols is 1. The van der Waals surface area contributed by atoms with Crippen LogP contribution in [0.3, 0.4) is 0 Å². The van der Waals surface area contributed by atoms with Gasteiger partial charge >= 0.3 is 0 Å². The fraction of sp³-hybridized carbons (Fsp3) is 0.350. The second kappa shape index (κ2) is 6.90. The van der Waals surface area contributed by atoms with Crippen molar-refractivity contribution in [1.29, 1.82) is 0 Å². The van der Waals surface area contributed by atoms with E-state index < -0.39 is 5.91 Å². The van der Waals surface area contributed by atoms with Crippen LogP contribution in [0.2, 0.25) is 0 Å². The number of aryl methyl sites for hydroxylation is 3. The Labute approximate surface area is 158 Å². The highest BCUT2D eigenvalue weighted by atomic mass is 16.3. The van der Waals surface area contributed by atoms with E-state index >= 15 is 0 Å². The average molecular weight is 367 g/mol. The maximum absolute atomic E-state index is 12.1. The molecule has 2 aromatic heterocycles. The van der Waals surface area contributed by atoms with E-state index in [4.69, 9.17) is 21.4 Å². The molecule has 0 bridgehead atoms. The van der Waals surface area contributed by atoms with Crippen molar-refractivity contribution in [3.63, 3.8) is 0 Å². The molecule has 0 unspecified atom stereocenters. The summed E-state index contributed by atoms with van der Waals surface area (Å²) in [6.07, 6.45) is 2.79. The van der Waals surface area contributed by atoms with Crippen molar-refractivity contribution in [2.45, 2.75) is 47.0 Å². The molecular formula is C20H25N5O2. The number of amides is 1. The van der Waals surface area contributed by atoms with Crippen LogP contribution in [0.15, 0.2) is 12.1 Å². The van der Waals surface area contributed by atoms with Crippen molar-refractivity contribution < 1.29 is 9.90 Å². The fourth-order valence-corrected chi connectivity index (χ4v) is 3.43. The number of aromatic hydroxyl groups is 1. The summed E-state index contributed by atoms with van der Waals surface area (Å²) in [7, 11) is 0. The van der Waals surface area contributed by atoms with E-state index in [9.17, 15) is 9.90 Å². The third-order valence-electron chi connectivity index (χ3n) is 4.94. The molecule has 142 valence electrons. The number of hydrogen-bond donors (Lipinski definition) is 3. The number of carbonyl (C=O) groups excluding carboxylic acids is 1. The molecule has 7 heteroatoms. The third-order valence-corrected chi connectivity index (χ3v) is 4.94. The molecule has 0 atom stereocenters. The van der Waals surface area contributed by atoms with Gasteiger partial charge in [-0.15, -0.1) is 0 Å². The Morgan fingerprint density at radius 3 is 2.56 bits per heavy atom. The zero-order valence-electron chi connectivity index (χ0n) is 16.1. The summed E-state index contributed by atoms with van der Waals surface area (Å²) in [4.78, 5) is 21.5. The van der Waals surface area contributed by atoms with Gasteiger partial charge in [0.2, 0.25) is 0 Å². The first-order valence-corrected chi connectivity index (χ1v) is 9.04. The molecule has 0 aliphatic heterocycles. The minimum absolute atomic E-state index is 0.140. The van der Waals surface area contributed by atoms with Gasteiger partial charge in [-0.2, -0.15) is 0 Å². The quantitative estimate of drug-likeness (QED) is 0.640. The molecule has 1 amide bonds. The Hall–Kier alpha value is -3.09. The van der Waals surface area contributed by atoms with E-state index in [-0.39, 0.29) is 17.1 Å². The van der Waals surface area contributed by atoms with Gasteiger partial charge in [-0.1, -0.05) is 19.4 Å². The lowest BCUT2D eigenvalue weighted by Gasteiger charge is -2.15. The zero-order chi connectivity index (χ0) is 19.9. The molecule has 0 aliphatic rings. The molecule has 0 aliphatic carbocycles. The Kier molecular flexibility index (Phi) is 4.78. The number of aromatic nitrogens is 3. The summed E-state index contributed by atoms with van der Waals surface area (Å²) in [5, 5.41) is 10.2. The first-order valence-electron chi connectivity index (χ1n) is 9.04. The molecule has 3 rings (SSSR count). The summed E-state index contributed by atoms with van der Waals surface area (Å²) in [5.41, 5.74) is 16.8. The number of fused-ring (bicyclic) bond motifs is 1. The molecule has 0 radical (unpaired) electrons. The van der Waals surface area contributed by atoms with Crippen LogP contribution in [-0.2, 0) is 6.42 Å². The van der Waals surface area contributed by atoms with E-state index in [2.05, 4.69) is 6.92 Å². The molecule has 5 N–H and O–H groups in total. The topological polar surface area (TPSA) is 120 Å². The van der Waals surface area contributed by atoms with Gasteiger partial charge in [-0.25, -0.2) is 9.97 Å². The van der Waals surface area contributed by atoms with Crippen molar-refractivity contribution in [3.05, 3.63) is 40.2 Å². The van der Waals surface area contributed by atoms with Gasteiger partial charge in [0.05, 0.1) is 17.1 Å². The van der Waals surface area contributed by atoms with Gasteiger partial charge in [-0.3, -0.25) is 9.36 Å². The minimum atomic E-state index is -0.647. The average Bonchev–Trinajstić information content (AvgIpc) is 2.88. The summed E-state index contributed by atoms with van der Waals surface area (Å²) in [5.74, 6) is -0.325. The number of nitrogen functional groups attached to an aromatic ring is 1. The standard InChI is InChI=1S/C20H25N5O2/c1-5-6-7-13-12(4)23-20-16(24-13)15(19(22)27)18(21)25(20)17-10(2)8-9-14(26)11(17)3/h8-9,26H,5-7,21H2,1-4H3,(H2,22,27). The van der Waals surface area contributed by atoms with Crippen molar-refractivity contribution >= 4 is 22.9 Å². The number of unbranched alkanes of at least 4 members (excludes halogenated alkanes) is 1. The smallest absolute Gasteiger partial charge is 0.254 e. The van der Waals surface area contributed by atoms with Crippen LogP contribution in [0.5, 0.6) is 5.75 Å². The number of nitrogens with two attached hydrogens (primary N) is 2. The Morgan fingerprint density at radius 1 is 1.22 bits per heavy atom. The third kappa shape index (κ3) is 2.99. The first kappa shape index (κ1) is 18.7. The van der Waals surface area contributed by atoms with Gasteiger partial charge in [0.15, 0.2) is 5.65 Å². The summed E-state index contributed by atoms with van der Waals surface area (Å²) < 4.78 is 1.67. The Balaban J connectivity index is 2.42. The van der Waals surface area contributed by atoms with Gasteiger partial charge in [0.1, 0.15) is 22.6 Å². The van der Waals surface area contributed by atoms with Crippen molar-refractivity contribution in [1.82, 2.24) is 14.5 Å². The summed E-state index contributed by atoms with van der Waals surface area (Å²) >= 11 is 0. The van der Waals surface area contributed by atoms with Crippen LogP contribution in [0.25, 0.3) is 16.9 Å². The number of primary amides is 1. The van der Waals surface area contributed by atoms with E-state index in [0.717, 1.165) is 36.2 Å². The van der Waals surface area contributed by atoms with Gasteiger partial charge < -0.3 is 16.6 Å². The van der Waals surface area contributed by atoms with Crippen LogP contribution in [0, 0.1) is 20.8 Å². The van der Waals surface area contributed by atoms with Gasteiger partial charge in [0.25, 0.3) is 5.91 Å². The molecule has 1 aromatic carbocycles. The number of anilines is 1. The predicted molar refractivity (Wildman–Crippen MR) is 106 cm³/mol. The molecule has 0 fully saturated rings. The van der Waals surface area contributed by atoms with Crippen LogP contribution >= 0.6 is 0 Å². The molecule has 0 spiro atoms. The van der Waals surface area contributed by atoms with Gasteiger partial charge in [-0.05, 0) is 45.2 Å². The Morgan fingerprint density at radius 2 is 1.93 bits per heavy atom. The number of nitrogens with zero attached hydrogens (tertiary/aromatic N) is 3. The van der Waals surface area contributed by atoms with E-state index in [1.807, 2.05) is 13.8 Å². The number of rotatable bonds is 5. The normalized spacial score (nSPS) is 11.3. The number of benzene rings is 1. The van der Waals surface area contributed by atoms with Crippen LogP contribution in [-0.4, -0.2) is 25.5 Å². The highest BCUT2D eigenvalue weighted by Crippen LogP contribution is 2.35. The molecule has 0 saturated carbocycles. The monoisotopic (exact) mass is 367 g/mol. The molecule has 2 heterocycles. The minimum Gasteiger partial charge on any atom is -0.508 e. The van der Waals surface area contributed by atoms with Crippen LogP contribution in [0.4, 0.5) is 5.82 Å². The molecule has 27 heavy (non-hydrogen) atoms. The van der Waals surface area contributed by atoms with E-state index in [1.54, 1.807) is 23.6 Å². The lowest BCUT2D eigenvalue weighted by molar-refractivity contribution is 0.100. The van der Waals surface area contributed by atoms with Crippen molar-refractivity contribution in [2.24, 2.45) is 5.73 Å². The maximum Gasteiger partial charge on any atom is 0.254 e. The molecule has 3 aromatic rings. The van der Waals surface area contributed by atoms with E-state index in [1.165, 1.54) is 0 Å². The number of hydrogen-bond acceptors (Lipinski definition) is 5. The number of phenolic OH excluding ortho intramolecular Hbond substituents is 1. The Bertz CT molecular complexity index is 1050. The maximum atomic E-state index is 12.1. The second-order valence-electron chi connectivity index (χ2n) is 6.87. The lowest BCUT2D eigenvalue weighted by Crippen LogP contribution is -2.14. The zero-order valence-corrected chi connectivity index (χ0v) is 16.1. The SMILES string of the molecule is CCCCc1nc2c(C(N)=O)c(N)n(-c3c(C)ccc(O)c3C)c2nc1C. The van der Waals surface area contributed by atoms with Gasteiger partial charge in [0, 0.05) is 5.56 Å². The van der Waals surface area contributed by atoms with E-state index in [0.29, 0.717) is 22.4 Å². The van der Waals surface area contributed by atoms with Crippen LogP contribution in [0.1, 0.15) is 52.6 Å². The second-order valence-corrected chi connectivity index (χ2v) is 6.87. The highest BCUT2D eigenvalue weighted by Gasteiger charge is 2.25. The van der Waals surface area contributed by atoms with Crippen molar-refractivity contribution in [3.8, 4) is 11.4 Å². The fourth-order valence-electron chi connectivity index (χ4n) is 3.43. The largest absolute Gasteiger partial charge is 0.508 e. The lowest BCUT2D eigenvalue weighted by atomic mass is 10.1. The van der Waals surface area contributed by atoms with Crippen molar-refractivity contribution in [2.75, 3.05) is 5.73 Å². The molecule has 0 saturated heterocycles. The predicted octanol–water partition coefficient (Wildman–Crippen LogP) is 3.08. The first-order chi connectivity index (χ1) is 12.8. The van der Waals surface area contributed by atoms with Crippen LogP contribution < -0.4 is 11.5 Å². The highest BCUT2D eigenvalue weighted by molar-refractivity contribution is 6.09. The molecule has 7 nitrogen and oxygen atoms in total. The number of carbonyl (C=O) groups is 1. The summed E-state index contributed by atoms with van der Waals surface area (Å²) in [6, 6.07) is 3.42.